The lowest BCUT2D eigenvalue weighted by molar-refractivity contribution is -0.394. The van der Waals surface area contributed by atoms with Crippen LogP contribution in [0.1, 0.15) is 10.4 Å². The SMILES string of the molecule is NC(=S)N(N)C(=O)c1cc([N+](=O)[O-])cc([N+](=O)[O-])c1. The Bertz CT molecular complexity index is 557. The lowest BCUT2D eigenvalue weighted by atomic mass is 10.1. The van der Waals surface area contributed by atoms with Gasteiger partial charge in [0.15, 0.2) is 5.11 Å². The Morgan fingerprint density at radius 2 is 1.58 bits per heavy atom. The Balaban J connectivity index is 3.35. The molecular formula is C8H7N5O5S. The van der Waals surface area contributed by atoms with Crippen molar-refractivity contribution in [3.63, 3.8) is 0 Å². The predicted molar refractivity (Wildman–Crippen MR) is 66.9 cm³/mol. The van der Waals surface area contributed by atoms with Gasteiger partial charge in [-0.25, -0.2) is 10.9 Å². The molecule has 0 saturated heterocycles. The van der Waals surface area contributed by atoms with E-state index in [4.69, 9.17) is 11.6 Å². The van der Waals surface area contributed by atoms with Crippen molar-refractivity contribution in [2.75, 3.05) is 0 Å². The average Bonchev–Trinajstić information content (AvgIpc) is 2.36. The van der Waals surface area contributed by atoms with Crippen LogP contribution in [0.5, 0.6) is 0 Å². The summed E-state index contributed by atoms with van der Waals surface area (Å²) in [7, 11) is 0. The van der Waals surface area contributed by atoms with E-state index < -0.39 is 32.2 Å². The van der Waals surface area contributed by atoms with Crippen LogP contribution in [0.3, 0.4) is 0 Å². The minimum Gasteiger partial charge on any atom is -0.375 e. The van der Waals surface area contributed by atoms with Crippen molar-refractivity contribution in [3.8, 4) is 0 Å². The summed E-state index contributed by atoms with van der Waals surface area (Å²) in [6.45, 7) is 0. The predicted octanol–water partition coefficient (Wildman–Crippen LogP) is 0.0625. The third-order valence-corrected chi connectivity index (χ3v) is 2.22. The zero-order valence-corrected chi connectivity index (χ0v) is 9.99. The van der Waals surface area contributed by atoms with Crippen LogP contribution in [0.4, 0.5) is 11.4 Å². The molecule has 0 fully saturated rings. The van der Waals surface area contributed by atoms with Gasteiger partial charge in [0, 0.05) is 12.1 Å². The average molecular weight is 285 g/mol. The summed E-state index contributed by atoms with van der Waals surface area (Å²) in [4.78, 5) is 31.2. The van der Waals surface area contributed by atoms with Crippen molar-refractivity contribution in [1.82, 2.24) is 5.01 Å². The number of nitro groups is 2. The number of carbonyl (C=O) groups is 1. The molecule has 1 aromatic carbocycles. The molecule has 0 aromatic heterocycles. The number of carbonyl (C=O) groups excluding carboxylic acids is 1. The highest BCUT2D eigenvalue weighted by Crippen LogP contribution is 2.23. The molecule has 4 N–H and O–H groups in total. The molecule has 0 atom stereocenters. The molecule has 0 bridgehead atoms. The largest absolute Gasteiger partial charge is 0.375 e. The van der Waals surface area contributed by atoms with E-state index in [0.29, 0.717) is 5.01 Å². The maximum atomic E-state index is 11.7. The summed E-state index contributed by atoms with van der Waals surface area (Å²) in [5.41, 5.74) is 3.52. The molecule has 19 heavy (non-hydrogen) atoms. The number of non-ortho nitro benzene ring substituents is 2. The smallest absolute Gasteiger partial charge is 0.277 e. The van der Waals surface area contributed by atoms with Crippen molar-refractivity contribution >= 4 is 34.6 Å². The van der Waals surface area contributed by atoms with Gasteiger partial charge in [-0.3, -0.25) is 25.0 Å². The lowest BCUT2D eigenvalue weighted by Crippen LogP contribution is -2.45. The number of nitrogens with zero attached hydrogens (tertiary/aromatic N) is 3. The fourth-order valence-corrected chi connectivity index (χ4v) is 1.25. The Labute approximate surface area is 110 Å². The molecule has 0 saturated carbocycles. The molecule has 0 aliphatic carbocycles. The Morgan fingerprint density at radius 3 is 1.89 bits per heavy atom. The summed E-state index contributed by atoms with van der Waals surface area (Å²) in [5.74, 6) is 4.24. The van der Waals surface area contributed by atoms with E-state index in [-0.39, 0.29) is 5.56 Å². The van der Waals surface area contributed by atoms with E-state index in [9.17, 15) is 25.0 Å². The summed E-state index contributed by atoms with van der Waals surface area (Å²) in [6.07, 6.45) is 0. The molecule has 11 heteroatoms. The number of nitrogens with two attached hydrogens (primary N) is 2. The van der Waals surface area contributed by atoms with Crippen molar-refractivity contribution in [3.05, 3.63) is 44.0 Å². The number of nitro benzene ring substituents is 2. The molecule has 1 amide bonds. The highest BCUT2D eigenvalue weighted by Gasteiger charge is 2.22. The second-order valence-electron chi connectivity index (χ2n) is 3.27. The molecule has 1 aromatic rings. The Kier molecular flexibility index (Phi) is 4.04. The molecule has 0 aliphatic rings. The number of hydrogen-bond donors (Lipinski definition) is 2. The first-order valence-electron chi connectivity index (χ1n) is 4.56. The van der Waals surface area contributed by atoms with Crippen LogP contribution in [0, 0.1) is 20.2 Å². The van der Waals surface area contributed by atoms with E-state index in [1.54, 1.807) is 0 Å². The summed E-state index contributed by atoms with van der Waals surface area (Å²) in [5, 5.41) is 21.1. The highest BCUT2D eigenvalue weighted by atomic mass is 32.1. The zero-order chi connectivity index (χ0) is 14.7. The first-order valence-corrected chi connectivity index (χ1v) is 4.97. The van der Waals surface area contributed by atoms with Crippen LogP contribution >= 0.6 is 12.2 Å². The third-order valence-electron chi connectivity index (χ3n) is 2.03. The number of amides is 1. The maximum absolute atomic E-state index is 11.7. The van der Waals surface area contributed by atoms with Crippen LogP contribution < -0.4 is 11.6 Å². The molecule has 0 unspecified atom stereocenters. The second-order valence-corrected chi connectivity index (χ2v) is 3.68. The monoisotopic (exact) mass is 285 g/mol. The normalized spacial score (nSPS) is 9.74. The molecule has 100 valence electrons. The molecular weight excluding hydrogens is 278 g/mol. The van der Waals surface area contributed by atoms with Gasteiger partial charge < -0.3 is 5.73 Å². The molecule has 0 aliphatic heterocycles. The van der Waals surface area contributed by atoms with Crippen LogP contribution in [0.2, 0.25) is 0 Å². The first kappa shape index (κ1) is 14.4. The van der Waals surface area contributed by atoms with E-state index >= 15 is 0 Å². The summed E-state index contributed by atoms with van der Waals surface area (Å²) in [6, 6.07) is 2.40. The van der Waals surface area contributed by atoms with Crippen molar-refractivity contribution in [1.29, 1.82) is 0 Å². The fourth-order valence-electron chi connectivity index (χ4n) is 1.17. The number of hydrazine groups is 1. The van der Waals surface area contributed by atoms with E-state index in [1.807, 2.05) is 0 Å². The Hall–Kier alpha value is -2.66. The second kappa shape index (κ2) is 5.32. The van der Waals surface area contributed by atoms with Gasteiger partial charge in [-0.2, -0.15) is 0 Å². The van der Waals surface area contributed by atoms with Gasteiger partial charge in [0.25, 0.3) is 17.3 Å². The molecule has 1 rings (SSSR count). The fraction of sp³-hybridized carbons (Fsp3) is 0. The quantitative estimate of drug-likeness (QED) is 0.259. The molecule has 10 nitrogen and oxygen atoms in total. The topological polar surface area (TPSA) is 159 Å². The van der Waals surface area contributed by atoms with Crippen LogP contribution in [0.15, 0.2) is 18.2 Å². The Morgan fingerprint density at radius 1 is 1.16 bits per heavy atom. The standard InChI is InChI=1S/C8H7N5O5S/c9-8(19)11(10)7(14)4-1-5(12(15)16)3-6(2-4)13(17)18/h1-3H,10H2,(H2,9,19). The number of hydrogen-bond acceptors (Lipinski definition) is 7. The minimum atomic E-state index is -0.987. The van der Waals surface area contributed by atoms with Gasteiger partial charge in [0.05, 0.1) is 21.5 Å². The van der Waals surface area contributed by atoms with Gasteiger partial charge in [-0.05, 0) is 12.2 Å². The van der Waals surface area contributed by atoms with Crippen LogP contribution in [-0.4, -0.2) is 25.9 Å². The minimum absolute atomic E-state index is 0.359. The molecule has 0 radical (unpaired) electrons. The van der Waals surface area contributed by atoms with Gasteiger partial charge >= 0.3 is 0 Å². The van der Waals surface area contributed by atoms with Crippen molar-refractivity contribution in [2.24, 2.45) is 11.6 Å². The van der Waals surface area contributed by atoms with Crippen molar-refractivity contribution < 1.29 is 14.6 Å². The molecule has 0 heterocycles. The van der Waals surface area contributed by atoms with Crippen molar-refractivity contribution in [2.45, 2.75) is 0 Å². The third kappa shape index (κ3) is 3.17. The van der Waals surface area contributed by atoms with E-state index in [0.717, 1.165) is 18.2 Å². The number of benzene rings is 1. The van der Waals surface area contributed by atoms with E-state index in [2.05, 4.69) is 12.2 Å². The summed E-state index contributed by atoms with van der Waals surface area (Å²) < 4.78 is 0. The molecule has 0 spiro atoms. The van der Waals surface area contributed by atoms with Gasteiger partial charge in [0.2, 0.25) is 0 Å². The summed E-state index contributed by atoms with van der Waals surface area (Å²) >= 11 is 4.45. The van der Waals surface area contributed by atoms with Crippen LogP contribution in [0.25, 0.3) is 0 Å². The maximum Gasteiger partial charge on any atom is 0.277 e. The van der Waals surface area contributed by atoms with Crippen LogP contribution in [-0.2, 0) is 0 Å². The van der Waals surface area contributed by atoms with Gasteiger partial charge in [-0.15, -0.1) is 0 Å². The van der Waals surface area contributed by atoms with Gasteiger partial charge in [-0.1, -0.05) is 0 Å². The zero-order valence-electron chi connectivity index (χ0n) is 9.18. The lowest BCUT2D eigenvalue weighted by Gasteiger charge is -2.13. The van der Waals surface area contributed by atoms with E-state index in [1.165, 1.54) is 0 Å². The number of thiocarbonyl (C=S) groups is 1. The number of rotatable bonds is 3. The first-order chi connectivity index (χ1) is 8.73. The van der Waals surface area contributed by atoms with Gasteiger partial charge in [0.1, 0.15) is 0 Å². The highest BCUT2D eigenvalue weighted by molar-refractivity contribution is 7.80.